The molecule has 1 unspecified atom stereocenters. The van der Waals surface area contributed by atoms with Crippen LogP contribution in [0.5, 0.6) is 0 Å². The van der Waals surface area contributed by atoms with Crippen LogP contribution < -0.4 is 0 Å². The van der Waals surface area contributed by atoms with E-state index in [2.05, 4.69) is 0 Å². The Morgan fingerprint density at radius 3 is 2.44 bits per heavy atom. The molecule has 0 spiro atoms. The van der Waals surface area contributed by atoms with E-state index >= 15 is 0 Å². The zero-order valence-corrected chi connectivity index (χ0v) is 10.7. The standard InChI is InChI=1S/C4H8NO2S.Ac/c1-8-2-3(5)4(6)7;/h3,5H,2H2,1H3,(H,6,7);/q-1;. The van der Waals surface area contributed by atoms with Crippen molar-refractivity contribution >= 4 is 17.7 Å². The summed E-state index contributed by atoms with van der Waals surface area (Å²) in [6.45, 7) is 0. The van der Waals surface area contributed by atoms with Gasteiger partial charge in [0.05, 0.1) is 0 Å². The number of thioether (sulfide) groups is 1. The molecule has 0 aromatic carbocycles. The van der Waals surface area contributed by atoms with Crippen LogP contribution in [0.25, 0.3) is 5.73 Å². The Morgan fingerprint density at radius 1 is 1.89 bits per heavy atom. The Balaban J connectivity index is 0. The van der Waals surface area contributed by atoms with Crippen LogP contribution in [0.1, 0.15) is 0 Å². The number of nitrogens with one attached hydrogen (secondary N) is 1. The third-order valence-corrected chi connectivity index (χ3v) is 1.30. The van der Waals surface area contributed by atoms with Crippen molar-refractivity contribution in [3.05, 3.63) is 5.73 Å². The molecule has 0 heterocycles. The van der Waals surface area contributed by atoms with Gasteiger partial charge < -0.3 is 10.8 Å². The Hall–Kier alpha value is 1.22. The fraction of sp³-hybridized carbons (Fsp3) is 0.750. The first-order valence-electron chi connectivity index (χ1n) is 2.11. The molecule has 1 atom stereocenters. The minimum atomic E-state index is -1.04. The van der Waals surface area contributed by atoms with Gasteiger partial charge in [0.25, 0.3) is 5.97 Å². The Labute approximate surface area is 94.3 Å². The molecule has 0 aliphatic heterocycles. The molecule has 0 aromatic heterocycles. The van der Waals surface area contributed by atoms with Crippen LogP contribution in [0.3, 0.4) is 0 Å². The van der Waals surface area contributed by atoms with Crippen molar-refractivity contribution in [2.45, 2.75) is 6.04 Å². The van der Waals surface area contributed by atoms with Crippen LogP contribution in [0, 0.1) is 44.1 Å². The fourth-order valence-electron chi connectivity index (χ4n) is 0.238. The summed E-state index contributed by atoms with van der Waals surface area (Å²) in [6.07, 6.45) is 1.78. The third-order valence-electron chi connectivity index (χ3n) is 0.631. The van der Waals surface area contributed by atoms with Crippen LogP contribution in [0.4, 0.5) is 0 Å². The largest absolute Gasteiger partial charge is 0.665 e. The SMILES string of the molecule is CSCC([NH-])C(=O)O.[Ac]. The maximum atomic E-state index is 9.89. The molecule has 0 fully saturated rings. The van der Waals surface area contributed by atoms with E-state index in [4.69, 9.17) is 10.8 Å². The summed E-state index contributed by atoms with van der Waals surface area (Å²) in [6, 6.07) is -0.954. The average Bonchev–Trinajstić information content (AvgIpc) is 1.67. The van der Waals surface area contributed by atoms with E-state index in [1.165, 1.54) is 11.8 Å². The van der Waals surface area contributed by atoms with Gasteiger partial charge in [-0.05, 0) is 18.1 Å². The Morgan fingerprint density at radius 2 is 2.33 bits per heavy atom. The monoisotopic (exact) mass is 361 g/mol. The minimum absolute atomic E-state index is 0. The molecule has 0 aromatic rings. The van der Waals surface area contributed by atoms with Gasteiger partial charge in [0, 0.05) is 44.1 Å². The van der Waals surface area contributed by atoms with Gasteiger partial charge in [0.2, 0.25) is 0 Å². The molecule has 0 aliphatic rings. The third kappa shape index (κ3) is 7.11. The molecular weight excluding hydrogens is 353 g/mol. The van der Waals surface area contributed by atoms with Gasteiger partial charge in [-0.1, -0.05) is 0 Å². The molecular formula is C4H8AcNO2S-. The van der Waals surface area contributed by atoms with Crippen LogP contribution >= 0.6 is 11.8 Å². The number of hydrogen-bond donors (Lipinski definition) is 1. The van der Waals surface area contributed by atoms with Crippen LogP contribution in [0.2, 0.25) is 0 Å². The van der Waals surface area contributed by atoms with Crippen LogP contribution in [0.15, 0.2) is 0 Å². The normalized spacial score (nSPS) is 11.8. The predicted octanol–water partition coefficient (Wildman–Crippen LogP) is 0.855. The summed E-state index contributed by atoms with van der Waals surface area (Å²) in [5, 5.41) is 8.11. The second kappa shape index (κ2) is 7.33. The van der Waals surface area contributed by atoms with E-state index in [0.29, 0.717) is 5.75 Å². The summed E-state index contributed by atoms with van der Waals surface area (Å²) < 4.78 is 0. The summed E-state index contributed by atoms with van der Waals surface area (Å²) in [5.74, 6) is -0.672. The first-order valence-corrected chi connectivity index (χ1v) is 3.50. The van der Waals surface area contributed by atoms with Crippen molar-refractivity contribution in [2.75, 3.05) is 12.0 Å². The van der Waals surface area contributed by atoms with E-state index in [-0.39, 0.29) is 44.1 Å². The summed E-state index contributed by atoms with van der Waals surface area (Å²) in [5.41, 5.74) is 6.81. The summed E-state index contributed by atoms with van der Waals surface area (Å²) >= 11 is 1.37. The average molecular weight is 361 g/mol. The van der Waals surface area contributed by atoms with E-state index in [1.54, 1.807) is 6.26 Å². The van der Waals surface area contributed by atoms with Crippen molar-refractivity contribution in [1.82, 2.24) is 0 Å². The smallest absolute Gasteiger partial charge is 0.286 e. The van der Waals surface area contributed by atoms with Gasteiger partial charge in [0.1, 0.15) is 0 Å². The number of carboxylic acid groups (broad SMARTS) is 1. The predicted molar refractivity (Wildman–Crippen MR) is 34.1 cm³/mol. The number of aliphatic carboxylic acids is 1. The second-order valence-electron chi connectivity index (χ2n) is 1.35. The second-order valence-corrected chi connectivity index (χ2v) is 2.26. The number of carboxylic acids is 1. The molecule has 0 saturated heterocycles. The topological polar surface area (TPSA) is 61.1 Å². The molecule has 2 N–H and O–H groups in total. The van der Waals surface area contributed by atoms with Gasteiger partial charge in [-0.3, -0.25) is 4.79 Å². The van der Waals surface area contributed by atoms with E-state index in [1.807, 2.05) is 0 Å². The van der Waals surface area contributed by atoms with Gasteiger partial charge in [-0.2, -0.15) is 11.8 Å². The van der Waals surface area contributed by atoms with Crippen molar-refractivity contribution in [2.24, 2.45) is 0 Å². The van der Waals surface area contributed by atoms with Gasteiger partial charge in [-0.15, -0.1) is 0 Å². The molecule has 51 valence electrons. The van der Waals surface area contributed by atoms with Crippen molar-refractivity contribution < 1.29 is 54.0 Å². The number of rotatable bonds is 3. The van der Waals surface area contributed by atoms with Crippen molar-refractivity contribution in [3.8, 4) is 0 Å². The maximum Gasteiger partial charge on any atom is 0.286 e. The first-order chi connectivity index (χ1) is 3.68. The Kier molecular flexibility index (Phi) is 10.5. The van der Waals surface area contributed by atoms with Gasteiger partial charge in [0.15, 0.2) is 0 Å². The molecule has 0 rings (SSSR count). The van der Waals surface area contributed by atoms with Gasteiger partial charge >= 0.3 is 0 Å². The molecule has 0 saturated carbocycles. The van der Waals surface area contributed by atoms with Gasteiger partial charge in [-0.25, -0.2) is 0 Å². The molecule has 0 aliphatic carbocycles. The zero-order valence-electron chi connectivity index (χ0n) is 5.13. The summed E-state index contributed by atoms with van der Waals surface area (Å²) in [7, 11) is 0. The first kappa shape index (κ1) is 12.9. The molecule has 5 heteroatoms. The number of hydrogen-bond acceptors (Lipinski definition) is 2. The number of carbonyl (C=O) groups is 1. The van der Waals surface area contributed by atoms with Crippen molar-refractivity contribution in [3.63, 3.8) is 0 Å². The Bertz CT molecular complexity index is 90.6. The van der Waals surface area contributed by atoms with E-state index < -0.39 is 12.0 Å². The van der Waals surface area contributed by atoms with Crippen molar-refractivity contribution in [1.29, 1.82) is 0 Å². The fourth-order valence-corrected chi connectivity index (χ4v) is 0.714. The molecule has 1 radical (unpaired) electrons. The van der Waals surface area contributed by atoms with Crippen LogP contribution in [-0.2, 0) is 4.79 Å². The molecule has 0 amide bonds. The molecule has 3 nitrogen and oxygen atoms in total. The molecule has 0 bridgehead atoms. The van der Waals surface area contributed by atoms with E-state index in [0.717, 1.165) is 0 Å². The molecule has 9 heavy (non-hydrogen) atoms. The van der Waals surface area contributed by atoms with Crippen LogP contribution in [-0.4, -0.2) is 29.1 Å². The maximum absolute atomic E-state index is 9.89. The quantitative estimate of drug-likeness (QED) is 0.811. The van der Waals surface area contributed by atoms with E-state index in [9.17, 15) is 4.79 Å². The summed E-state index contributed by atoms with van der Waals surface area (Å²) in [4.78, 5) is 9.89. The minimum Gasteiger partial charge on any atom is -0.665 e. The zero-order chi connectivity index (χ0) is 6.57.